The van der Waals surface area contributed by atoms with E-state index in [2.05, 4.69) is 12.2 Å². The number of rotatable bonds is 6. The second-order valence-electron chi connectivity index (χ2n) is 3.87. The fourth-order valence-electron chi connectivity index (χ4n) is 1.45. The van der Waals surface area contributed by atoms with E-state index in [-0.39, 0.29) is 41.0 Å². The fourth-order valence-corrected chi connectivity index (χ4v) is 1.45. The Balaban J connectivity index is 0.00000289. The molecule has 1 rings (SSSR count). The zero-order valence-electron chi connectivity index (χ0n) is 10.9. The van der Waals surface area contributed by atoms with Gasteiger partial charge < -0.3 is 15.2 Å². The van der Waals surface area contributed by atoms with Gasteiger partial charge in [-0.05, 0) is 24.1 Å². The fraction of sp³-hybridized carbons (Fsp3) is 0.385. The smallest absolute Gasteiger partial charge is 0.545 e. The molecule has 0 saturated heterocycles. The van der Waals surface area contributed by atoms with Crippen LogP contribution in [-0.2, 0) is 4.79 Å². The van der Waals surface area contributed by atoms with Gasteiger partial charge in [-0.15, -0.1) is 0 Å². The average Bonchev–Trinajstić information content (AvgIpc) is 2.30. The van der Waals surface area contributed by atoms with Gasteiger partial charge in [0.15, 0.2) is 0 Å². The van der Waals surface area contributed by atoms with Gasteiger partial charge >= 0.3 is 29.6 Å². The SMILES string of the molecule is CCCCCC(=O)Nc1ccc(C(=O)[O-])cc1.[Na+]. The molecule has 0 aromatic heterocycles. The molecule has 0 radical (unpaired) electrons. The van der Waals surface area contributed by atoms with Crippen LogP contribution in [0.25, 0.3) is 0 Å². The molecule has 0 aliphatic carbocycles. The van der Waals surface area contributed by atoms with E-state index in [4.69, 9.17) is 0 Å². The normalized spacial score (nSPS) is 9.39. The summed E-state index contributed by atoms with van der Waals surface area (Å²) < 4.78 is 0. The van der Waals surface area contributed by atoms with Crippen molar-refractivity contribution in [2.45, 2.75) is 32.6 Å². The van der Waals surface area contributed by atoms with Crippen molar-refractivity contribution in [3.05, 3.63) is 29.8 Å². The van der Waals surface area contributed by atoms with E-state index in [1.54, 1.807) is 12.1 Å². The van der Waals surface area contributed by atoms with Crippen molar-refractivity contribution in [2.24, 2.45) is 0 Å². The number of carbonyl (C=O) groups excluding carboxylic acids is 2. The quantitative estimate of drug-likeness (QED) is 0.502. The Morgan fingerprint density at radius 2 is 1.78 bits per heavy atom. The van der Waals surface area contributed by atoms with Crippen molar-refractivity contribution in [3.63, 3.8) is 0 Å². The van der Waals surface area contributed by atoms with E-state index in [1.165, 1.54) is 12.1 Å². The van der Waals surface area contributed by atoms with E-state index in [0.29, 0.717) is 12.1 Å². The van der Waals surface area contributed by atoms with Gasteiger partial charge in [0.1, 0.15) is 0 Å². The molecule has 5 heteroatoms. The summed E-state index contributed by atoms with van der Waals surface area (Å²) in [5, 5.41) is 13.2. The second kappa shape index (κ2) is 9.14. The first-order valence-corrected chi connectivity index (χ1v) is 5.74. The topological polar surface area (TPSA) is 69.2 Å². The number of nitrogens with one attached hydrogen (secondary N) is 1. The maximum Gasteiger partial charge on any atom is 1.00 e. The number of carbonyl (C=O) groups is 2. The number of hydrogen-bond acceptors (Lipinski definition) is 3. The number of anilines is 1. The molecule has 0 unspecified atom stereocenters. The van der Waals surface area contributed by atoms with Crippen LogP contribution >= 0.6 is 0 Å². The maximum atomic E-state index is 11.5. The van der Waals surface area contributed by atoms with Crippen LogP contribution in [0, 0.1) is 0 Å². The van der Waals surface area contributed by atoms with Gasteiger partial charge in [0.2, 0.25) is 5.91 Å². The Morgan fingerprint density at radius 3 is 2.28 bits per heavy atom. The van der Waals surface area contributed by atoms with Crippen LogP contribution in [0.4, 0.5) is 5.69 Å². The van der Waals surface area contributed by atoms with E-state index < -0.39 is 5.97 Å². The Labute approximate surface area is 129 Å². The molecular formula is C13H16NNaO3. The van der Waals surface area contributed by atoms with Gasteiger partial charge in [0.05, 0.1) is 5.97 Å². The molecule has 92 valence electrons. The third-order valence-corrected chi connectivity index (χ3v) is 2.41. The summed E-state index contributed by atoms with van der Waals surface area (Å²) in [4.78, 5) is 22.0. The zero-order chi connectivity index (χ0) is 12.7. The first-order chi connectivity index (χ1) is 8.13. The number of hydrogen-bond donors (Lipinski definition) is 1. The van der Waals surface area contributed by atoms with Crippen LogP contribution in [0.15, 0.2) is 24.3 Å². The molecule has 1 aromatic carbocycles. The van der Waals surface area contributed by atoms with Gasteiger partial charge in [-0.25, -0.2) is 0 Å². The van der Waals surface area contributed by atoms with Crippen molar-refractivity contribution in [3.8, 4) is 0 Å². The standard InChI is InChI=1S/C13H17NO3.Na/c1-2-3-4-5-12(15)14-11-8-6-10(7-9-11)13(16)17;/h6-9H,2-5H2,1H3,(H,14,15)(H,16,17);/q;+1/p-1. The molecule has 18 heavy (non-hydrogen) atoms. The molecule has 1 amide bonds. The van der Waals surface area contributed by atoms with Gasteiger partial charge in [-0.2, -0.15) is 0 Å². The Morgan fingerprint density at radius 1 is 1.17 bits per heavy atom. The molecule has 0 spiro atoms. The van der Waals surface area contributed by atoms with Crippen molar-refractivity contribution >= 4 is 17.6 Å². The van der Waals surface area contributed by atoms with Gasteiger partial charge in [0.25, 0.3) is 0 Å². The number of unbranched alkanes of at least 4 members (excludes halogenated alkanes) is 2. The molecule has 0 fully saturated rings. The molecule has 0 aliphatic rings. The summed E-state index contributed by atoms with van der Waals surface area (Å²) in [6.07, 6.45) is 3.49. The molecule has 1 N–H and O–H groups in total. The van der Waals surface area contributed by atoms with E-state index >= 15 is 0 Å². The summed E-state index contributed by atoms with van der Waals surface area (Å²) in [5.74, 6) is -1.26. The minimum atomic E-state index is -1.22. The van der Waals surface area contributed by atoms with Gasteiger partial charge in [0, 0.05) is 12.1 Å². The van der Waals surface area contributed by atoms with Crippen LogP contribution < -0.4 is 40.0 Å². The number of aromatic carboxylic acids is 1. The van der Waals surface area contributed by atoms with E-state index in [9.17, 15) is 14.7 Å². The molecular weight excluding hydrogens is 241 g/mol. The number of amides is 1. The Hall–Kier alpha value is -0.840. The molecule has 0 bridgehead atoms. The molecule has 0 aliphatic heterocycles. The third kappa shape index (κ3) is 6.19. The summed E-state index contributed by atoms with van der Waals surface area (Å²) >= 11 is 0. The van der Waals surface area contributed by atoms with Crippen molar-refractivity contribution in [2.75, 3.05) is 5.32 Å². The number of carboxylic acids is 1. The van der Waals surface area contributed by atoms with Crippen LogP contribution in [0.3, 0.4) is 0 Å². The van der Waals surface area contributed by atoms with Crippen molar-refractivity contribution in [1.82, 2.24) is 0 Å². The Bertz CT molecular complexity index is 390. The second-order valence-corrected chi connectivity index (χ2v) is 3.87. The largest absolute Gasteiger partial charge is 1.00 e. The molecule has 0 atom stereocenters. The Kier molecular flexibility index (Phi) is 8.71. The van der Waals surface area contributed by atoms with E-state index in [1.807, 2.05) is 0 Å². The first kappa shape index (κ1) is 17.2. The predicted octanol–water partition coefficient (Wildman–Crippen LogP) is -1.43. The minimum Gasteiger partial charge on any atom is -0.545 e. The van der Waals surface area contributed by atoms with Crippen molar-refractivity contribution in [1.29, 1.82) is 0 Å². The van der Waals surface area contributed by atoms with Gasteiger partial charge in [-0.1, -0.05) is 31.9 Å². The number of carboxylic acid groups (broad SMARTS) is 1. The number of benzene rings is 1. The third-order valence-electron chi connectivity index (χ3n) is 2.41. The van der Waals surface area contributed by atoms with E-state index in [0.717, 1.165) is 19.3 Å². The van der Waals surface area contributed by atoms with Crippen LogP contribution in [0.1, 0.15) is 43.0 Å². The van der Waals surface area contributed by atoms with Crippen molar-refractivity contribution < 1.29 is 44.3 Å². The molecule has 0 heterocycles. The van der Waals surface area contributed by atoms with Crippen LogP contribution in [0.2, 0.25) is 0 Å². The van der Waals surface area contributed by atoms with Gasteiger partial charge in [-0.3, -0.25) is 4.79 Å². The molecule has 1 aromatic rings. The molecule has 0 saturated carbocycles. The first-order valence-electron chi connectivity index (χ1n) is 5.74. The monoisotopic (exact) mass is 257 g/mol. The predicted molar refractivity (Wildman–Crippen MR) is 63.5 cm³/mol. The van der Waals surface area contributed by atoms with Crippen LogP contribution in [0.5, 0.6) is 0 Å². The summed E-state index contributed by atoms with van der Waals surface area (Å²) in [5.41, 5.74) is 0.713. The maximum absolute atomic E-state index is 11.5. The van der Waals surface area contributed by atoms with Crippen LogP contribution in [-0.4, -0.2) is 11.9 Å². The average molecular weight is 257 g/mol. The summed E-state index contributed by atoms with van der Waals surface area (Å²) in [6.45, 7) is 2.08. The summed E-state index contributed by atoms with van der Waals surface area (Å²) in [7, 11) is 0. The summed E-state index contributed by atoms with van der Waals surface area (Å²) in [6, 6.07) is 5.94. The minimum absolute atomic E-state index is 0. The zero-order valence-corrected chi connectivity index (χ0v) is 12.9. The molecule has 4 nitrogen and oxygen atoms in total.